The lowest BCUT2D eigenvalue weighted by atomic mass is 9.89. The van der Waals surface area contributed by atoms with Crippen molar-refractivity contribution in [1.82, 2.24) is 0 Å². The van der Waals surface area contributed by atoms with Crippen molar-refractivity contribution in [2.45, 2.75) is 64.8 Å². The molecule has 0 aliphatic heterocycles. The molecule has 1 aliphatic rings. The van der Waals surface area contributed by atoms with Crippen molar-refractivity contribution < 1.29 is 30.9 Å². The predicted molar refractivity (Wildman–Crippen MR) is 93.2 cm³/mol. The zero-order valence-electron chi connectivity index (χ0n) is 14.6. The summed E-state index contributed by atoms with van der Waals surface area (Å²) < 4.78 is 57.5. The summed E-state index contributed by atoms with van der Waals surface area (Å²) in [7, 11) is -5.84. The van der Waals surface area contributed by atoms with Crippen LogP contribution >= 0.6 is 11.3 Å². The van der Waals surface area contributed by atoms with E-state index in [0.717, 1.165) is 4.88 Å². The first kappa shape index (κ1) is 24.1. The zero-order chi connectivity index (χ0) is 19.7. The third-order valence-corrected chi connectivity index (χ3v) is 4.76. The van der Waals surface area contributed by atoms with E-state index in [2.05, 4.69) is 0 Å². The van der Waals surface area contributed by atoms with E-state index >= 15 is 0 Å². The number of hydrogen-bond acceptors (Lipinski definition) is 4. The van der Waals surface area contributed by atoms with E-state index in [0.29, 0.717) is 12.2 Å². The van der Waals surface area contributed by atoms with E-state index < -0.39 is 15.6 Å². The van der Waals surface area contributed by atoms with Crippen LogP contribution in [0.3, 0.4) is 0 Å². The number of alkyl halides is 3. The molecule has 0 atom stereocenters. The van der Waals surface area contributed by atoms with Crippen LogP contribution in [0.2, 0.25) is 0 Å². The highest BCUT2D eigenvalue weighted by molar-refractivity contribution is 7.86. The second kappa shape index (κ2) is 10.3. The number of hydrogen-bond donors (Lipinski definition) is 1. The van der Waals surface area contributed by atoms with Gasteiger partial charge in [-0.3, -0.25) is 9.35 Å². The van der Waals surface area contributed by atoms with Gasteiger partial charge in [0.2, 0.25) is 0 Å². The first-order valence-electron chi connectivity index (χ1n) is 7.84. The molecule has 9 heteroatoms. The minimum atomic E-state index is -5.84. The molecule has 1 saturated carbocycles. The van der Waals surface area contributed by atoms with Crippen LogP contribution in [0, 0.1) is 5.41 Å². The quantitative estimate of drug-likeness (QED) is 0.542. The monoisotopic (exact) mass is 402 g/mol. The smallest absolute Gasteiger partial charge is 0.299 e. The van der Waals surface area contributed by atoms with Crippen molar-refractivity contribution in [3.63, 3.8) is 0 Å². The molecule has 1 heterocycles. The summed E-state index contributed by atoms with van der Waals surface area (Å²) in [4.78, 5) is 12.7. The molecule has 146 valence electrons. The van der Waals surface area contributed by atoms with Gasteiger partial charge in [-0.1, -0.05) is 58.9 Å². The minimum Gasteiger partial charge on any atom is -0.299 e. The van der Waals surface area contributed by atoms with E-state index in [1.807, 2.05) is 38.3 Å². The van der Waals surface area contributed by atoms with Gasteiger partial charge in [0.25, 0.3) is 0 Å². The van der Waals surface area contributed by atoms with Crippen molar-refractivity contribution in [2.75, 3.05) is 0 Å². The van der Waals surface area contributed by atoms with Crippen LogP contribution < -0.4 is 0 Å². The summed E-state index contributed by atoms with van der Waals surface area (Å²) in [6.45, 7) is 5.88. The molecular formula is C16H25F3O4S2. The molecule has 0 unspecified atom stereocenters. The molecule has 2 rings (SSSR count). The van der Waals surface area contributed by atoms with E-state index in [1.165, 1.54) is 32.1 Å². The third kappa shape index (κ3) is 11.3. The van der Waals surface area contributed by atoms with Crippen LogP contribution in [0.5, 0.6) is 0 Å². The molecule has 25 heavy (non-hydrogen) atoms. The fraction of sp³-hybridized carbons (Fsp3) is 0.688. The molecule has 1 aromatic rings. The molecule has 1 aliphatic carbocycles. The second-order valence-electron chi connectivity index (χ2n) is 6.62. The average molecular weight is 403 g/mol. The first-order valence-corrected chi connectivity index (χ1v) is 10.2. The van der Waals surface area contributed by atoms with Gasteiger partial charge in [0.15, 0.2) is 0 Å². The summed E-state index contributed by atoms with van der Waals surface area (Å²) in [6.07, 6.45) is 8.08. The fourth-order valence-electron chi connectivity index (χ4n) is 1.72. The molecule has 0 bridgehead atoms. The predicted octanol–water partition coefficient (Wildman–Crippen LogP) is 5.25. The number of carbonyl (C=O) groups is 1. The molecule has 0 amide bonds. The van der Waals surface area contributed by atoms with Crippen molar-refractivity contribution in [3.8, 4) is 0 Å². The van der Waals surface area contributed by atoms with E-state index in [4.69, 9.17) is 13.0 Å². The largest absolute Gasteiger partial charge is 0.522 e. The number of halogens is 3. The standard InChI is InChI=1S/C10H14OS.C5H10.CHF3O3S/c1-10(2,3)9(11)7-8-5-4-6-12-8;1-2-4-5-3-1;2-1(3,4)8(5,6)7/h4-6H,7H2,1-3H3;1-5H2;(H,5,6,7). The zero-order valence-corrected chi connectivity index (χ0v) is 16.2. The molecule has 0 saturated heterocycles. The summed E-state index contributed by atoms with van der Waals surface area (Å²) in [5.41, 5.74) is -5.74. The fourth-order valence-corrected chi connectivity index (χ4v) is 2.42. The number of Topliss-reactive ketones (excluding diaryl/α,β-unsaturated/α-hetero) is 1. The Balaban J connectivity index is 0.000000380. The summed E-state index contributed by atoms with van der Waals surface area (Å²) in [5.74, 6) is 0.310. The molecule has 0 aromatic carbocycles. The lowest BCUT2D eigenvalue weighted by Crippen LogP contribution is -2.21. The van der Waals surface area contributed by atoms with Gasteiger partial charge < -0.3 is 0 Å². The summed E-state index contributed by atoms with van der Waals surface area (Å²) >= 11 is 1.65. The van der Waals surface area contributed by atoms with Crippen molar-refractivity contribution in [1.29, 1.82) is 0 Å². The van der Waals surface area contributed by atoms with Gasteiger partial charge in [0, 0.05) is 16.7 Å². The molecule has 0 radical (unpaired) electrons. The summed E-state index contributed by atoms with van der Waals surface area (Å²) in [6, 6.07) is 3.99. The minimum absolute atomic E-state index is 0.204. The molecule has 4 nitrogen and oxygen atoms in total. The first-order chi connectivity index (χ1) is 11.2. The Labute approximate surface area is 151 Å². The maximum atomic E-state index is 11.5. The second-order valence-corrected chi connectivity index (χ2v) is 9.06. The topological polar surface area (TPSA) is 71.4 Å². The van der Waals surface area contributed by atoms with Crippen LogP contribution in [0.25, 0.3) is 0 Å². The lowest BCUT2D eigenvalue weighted by Gasteiger charge is -2.15. The van der Waals surface area contributed by atoms with Crippen LogP contribution in [0.15, 0.2) is 17.5 Å². The highest BCUT2D eigenvalue weighted by atomic mass is 32.2. The van der Waals surface area contributed by atoms with E-state index in [1.54, 1.807) is 11.3 Å². The Kier molecular flexibility index (Phi) is 9.89. The average Bonchev–Trinajstić information content (AvgIpc) is 3.12. The number of thiophene rings is 1. The molecular weight excluding hydrogens is 377 g/mol. The van der Waals surface area contributed by atoms with Gasteiger partial charge in [-0.2, -0.15) is 21.6 Å². The van der Waals surface area contributed by atoms with Gasteiger partial charge in [-0.15, -0.1) is 11.3 Å². The van der Waals surface area contributed by atoms with Gasteiger partial charge in [-0.05, 0) is 11.4 Å². The Morgan fingerprint density at radius 3 is 1.76 bits per heavy atom. The van der Waals surface area contributed by atoms with Crippen LogP contribution in [-0.2, 0) is 21.3 Å². The molecule has 1 aromatic heterocycles. The van der Waals surface area contributed by atoms with E-state index in [-0.39, 0.29) is 5.41 Å². The molecule has 0 spiro atoms. The SMILES string of the molecule is C1CCCC1.CC(C)(C)C(=O)Cc1cccs1.O=S(=O)(O)C(F)(F)F. The highest BCUT2D eigenvalue weighted by Gasteiger charge is 2.44. The maximum Gasteiger partial charge on any atom is 0.522 e. The Morgan fingerprint density at radius 1 is 1.12 bits per heavy atom. The molecule has 1 fully saturated rings. The van der Waals surface area contributed by atoms with Crippen LogP contribution in [0.1, 0.15) is 57.8 Å². The summed E-state index contributed by atoms with van der Waals surface area (Å²) in [5, 5.41) is 2.01. The normalized spacial score (nSPS) is 14.8. The van der Waals surface area contributed by atoms with Gasteiger partial charge in [0.1, 0.15) is 5.78 Å². The third-order valence-electron chi connectivity index (χ3n) is 3.29. The van der Waals surface area contributed by atoms with Gasteiger partial charge in [-0.25, -0.2) is 0 Å². The molecule has 1 N–H and O–H groups in total. The Morgan fingerprint density at radius 2 is 1.52 bits per heavy atom. The maximum absolute atomic E-state index is 11.5. The Hall–Kier alpha value is -0.930. The van der Waals surface area contributed by atoms with Crippen molar-refractivity contribution in [3.05, 3.63) is 22.4 Å². The highest BCUT2D eigenvalue weighted by Crippen LogP contribution is 2.21. The number of carbonyl (C=O) groups excluding carboxylic acids is 1. The van der Waals surface area contributed by atoms with Crippen LogP contribution in [-0.4, -0.2) is 24.3 Å². The Bertz CT molecular complexity index is 589. The van der Waals surface area contributed by atoms with E-state index in [9.17, 15) is 18.0 Å². The number of rotatable bonds is 2. The van der Waals surface area contributed by atoms with Crippen LogP contribution in [0.4, 0.5) is 13.2 Å². The lowest BCUT2D eigenvalue weighted by molar-refractivity contribution is -0.125. The van der Waals surface area contributed by atoms with Gasteiger partial charge >= 0.3 is 15.6 Å². The van der Waals surface area contributed by atoms with Gasteiger partial charge in [0.05, 0.1) is 0 Å². The van der Waals surface area contributed by atoms with Crippen molar-refractivity contribution >= 4 is 27.2 Å². The number of ketones is 1. The van der Waals surface area contributed by atoms with Crippen molar-refractivity contribution in [2.24, 2.45) is 5.41 Å².